The highest BCUT2D eigenvalue weighted by Gasteiger charge is 2.09. The summed E-state index contributed by atoms with van der Waals surface area (Å²) in [4.78, 5) is 8.65. The number of benzene rings is 1. The van der Waals surface area contributed by atoms with Crippen molar-refractivity contribution in [1.82, 2.24) is 9.97 Å². The summed E-state index contributed by atoms with van der Waals surface area (Å²) in [7, 11) is 0. The lowest BCUT2D eigenvalue weighted by atomic mass is 10.1. The maximum absolute atomic E-state index is 13.6. The van der Waals surface area contributed by atoms with E-state index >= 15 is 0 Å². The molecule has 0 saturated heterocycles. The fraction of sp³-hybridized carbons (Fsp3) is 0.286. The number of nitrogens with zero attached hydrogens (tertiary/aromatic N) is 2. The van der Waals surface area contributed by atoms with Crippen LogP contribution in [0.3, 0.4) is 0 Å². The van der Waals surface area contributed by atoms with Crippen molar-refractivity contribution in [2.24, 2.45) is 0 Å². The highest BCUT2D eigenvalue weighted by Crippen LogP contribution is 2.16. The Morgan fingerprint density at radius 2 is 1.94 bits per heavy atom. The molecule has 4 heteroatoms. The van der Waals surface area contributed by atoms with Crippen LogP contribution >= 0.6 is 0 Å². The van der Waals surface area contributed by atoms with Gasteiger partial charge >= 0.3 is 0 Å². The van der Waals surface area contributed by atoms with Gasteiger partial charge in [-0.25, -0.2) is 14.4 Å². The molecule has 1 aromatic heterocycles. The summed E-state index contributed by atoms with van der Waals surface area (Å²) < 4.78 is 13.6. The Bertz CT molecular complexity index is 567. The molecule has 94 valence electrons. The number of nitrogens with two attached hydrogens (primary N) is 1. The Hall–Kier alpha value is -1.97. The second kappa shape index (κ2) is 5.12. The third kappa shape index (κ3) is 2.47. The van der Waals surface area contributed by atoms with Gasteiger partial charge in [0.25, 0.3) is 0 Å². The van der Waals surface area contributed by atoms with Gasteiger partial charge in [0.1, 0.15) is 17.5 Å². The van der Waals surface area contributed by atoms with Gasteiger partial charge in [-0.15, -0.1) is 0 Å². The lowest BCUT2D eigenvalue weighted by molar-refractivity contribution is 0.612. The number of anilines is 1. The number of aryl methyl sites for hydroxylation is 1. The van der Waals surface area contributed by atoms with E-state index in [-0.39, 0.29) is 5.82 Å². The molecular formula is C14H16FN3. The zero-order valence-electron chi connectivity index (χ0n) is 10.6. The van der Waals surface area contributed by atoms with E-state index in [1.54, 1.807) is 18.2 Å². The summed E-state index contributed by atoms with van der Waals surface area (Å²) in [5.41, 5.74) is 8.27. The summed E-state index contributed by atoms with van der Waals surface area (Å²) in [6.45, 7) is 3.92. The van der Waals surface area contributed by atoms with E-state index in [0.29, 0.717) is 23.6 Å². The fourth-order valence-electron chi connectivity index (χ4n) is 1.87. The van der Waals surface area contributed by atoms with Gasteiger partial charge in [0.05, 0.1) is 0 Å². The molecule has 2 rings (SSSR count). The van der Waals surface area contributed by atoms with E-state index in [1.165, 1.54) is 6.07 Å². The Balaban J connectivity index is 2.36. The molecule has 1 aromatic carbocycles. The van der Waals surface area contributed by atoms with Crippen LogP contribution < -0.4 is 5.73 Å². The predicted molar refractivity (Wildman–Crippen MR) is 69.8 cm³/mol. The van der Waals surface area contributed by atoms with E-state index in [2.05, 4.69) is 9.97 Å². The van der Waals surface area contributed by atoms with Crippen LogP contribution in [0.15, 0.2) is 24.3 Å². The summed E-state index contributed by atoms with van der Waals surface area (Å²) in [5, 5.41) is 0. The van der Waals surface area contributed by atoms with Crippen molar-refractivity contribution in [2.45, 2.75) is 26.7 Å². The number of rotatable bonds is 3. The summed E-state index contributed by atoms with van der Waals surface area (Å²) in [6.07, 6.45) is 1.16. The number of hydrogen-bond acceptors (Lipinski definition) is 3. The van der Waals surface area contributed by atoms with Crippen molar-refractivity contribution in [3.05, 3.63) is 52.7 Å². The van der Waals surface area contributed by atoms with Gasteiger partial charge < -0.3 is 5.73 Å². The monoisotopic (exact) mass is 245 g/mol. The molecule has 0 saturated carbocycles. The highest BCUT2D eigenvalue weighted by molar-refractivity contribution is 5.41. The van der Waals surface area contributed by atoms with Crippen LogP contribution in [0.2, 0.25) is 0 Å². The van der Waals surface area contributed by atoms with E-state index in [1.807, 2.05) is 13.8 Å². The Morgan fingerprint density at radius 3 is 2.61 bits per heavy atom. The van der Waals surface area contributed by atoms with Crippen molar-refractivity contribution in [3.8, 4) is 0 Å². The highest BCUT2D eigenvalue weighted by atomic mass is 19.1. The third-order valence-corrected chi connectivity index (χ3v) is 2.97. The molecule has 0 unspecified atom stereocenters. The molecule has 0 spiro atoms. The number of aromatic nitrogens is 2. The van der Waals surface area contributed by atoms with Crippen LogP contribution in [0.4, 0.5) is 10.2 Å². The first-order valence-corrected chi connectivity index (χ1v) is 5.97. The maximum Gasteiger partial charge on any atom is 0.135 e. The first-order chi connectivity index (χ1) is 8.61. The molecule has 0 atom stereocenters. The zero-order valence-corrected chi connectivity index (χ0v) is 10.6. The summed E-state index contributed by atoms with van der Waals surface area (Å²) in [6, 6.07) is 6.64. The van der Waals surface area contributed by atoms with Crippen molar-refractivity contribution < 1.29 is 4.39 Å². The number of hydrogen-bond donors (Lipinski definition) is 1. The third-order valence-electron chi connectivity index (χ3n) is 2.97. The first-order valence-electron chi connectivity index (χ1n) is 5.97. The maximum atomic E-state index is 13.6. The molecule has 0 fully saturated rings. The second-order valence-corrected chi connectivity index (χ2v) is 4.22. The van der Waals surface area contributed by atoms with Crippen LogP contribution in [0, 0.1) is 12.7 Å². The molecular weight excluding hydrogens is 229 g/mol. The van der Waals surface area contributed by atoms with E-state index < -0.39 is 0 Å². The fourth-order valence-corrected chi connectivity index (χ4v) is 1.87. The zero-order chi connectivity index (χ0) is 13.1. The van der Waals surface area contributed by atoms with E-state index in [0.717, 1.165) is 17.7 Å². The summed E-state index contributed by atoms with van der Waals surface area (Å²) >= 11 is 0. The van der Waals surface area contributed by atoms with Crippen molar-refractivity contribution in [1.29, 1.82) is 0 Å². The molecule has 0 bridgehead atoms. The Kier molecular flexibility index (Phi) is 3.55. The second-order valence-electron chi connectivity index (χ2n) is 4.22. The van der Waals surface area contributed by atoms with Gasteiger partial charge in [-0.3, -0.25) is 0 Å². The SMILES string of the molecule is CCc1nc(Cc2ccccc2F)nc(N)c1C. The van der Waals surface area contributed by atoms with Crippen LogP contribution in [-0.2, 0) is 12.8 Å². The molecule has 0 amide bonds. The summed E-state index contributed by atoms with van der Waals surface area (Å²) in [5.74, 6) is 0.812. The largest absolute Gasteiger partial charge is 0.383 e. The minimum Gasteiger partial charge on any atom is -0.383 e. The van der Waals surface area contributed by atoms with Gasteiger partial charge in [-0.2, -0.15) is 0 Å². The van der Waals surface area contributed by atoms with Crippen LogP contribution in [0.5, 0.6) is 0 Å². The molecule has 18 heavy (non-hydrogen) atoms. The molecule has 2 N–H and O–H groups in total. The molecule has 0 aliphatic carbocycles. The van der Waals surface area contributed by atoms with Gasteiger partial charge in [-0.05, 0) is 25.0 Å². The smallest absolute Gasteiger partial charge is 0.135 e. The number of nitrogen functional groups attached to an aromatic ring is 1. The van der Waals surface area contributed by atoms with Gasteiger partial charge in [0.15, 0.2) is 0 Å². The van der Waals surface area contributed by atoms with Crippen molar-refractivity contribution >= 4 is 5.82 Å². The van der Waals surface area contributed by atoms with Gasteiger partial charge in [-0.1, -0.05) is 25.1 Å². The average molecular weight is 245 g/mol. The number of halogens is 1. The van der Waals surface area contributed by atoms with Crippen LogP contribution in [0.25, 0.3) is 0 Å². The molecule has 1 heterocycles. The standard InChI is InChI=1S/C14H16FN3/c1-3-12-9(2)14(16)18-13(17-12)8-10-6-4-5-7-11(10)15/h4-7H,3,8H2,1-2H3,(H2,16,17,18). The Labute approximate surface area is 106 Å². The molecule has 2 aromatic rings. The minimum atomic E-state index is -0.238. The minimum absolute atomic E-state index is 0.238. The molecule has 0 radical (unpaired) electrons. The Morgan fingerprint density at radius 1 is 1.22 bits per heavy atom. The first kappa shape index (κ1) is 12.5. The van der Waals surface area contributed by atoms with Gasteiger partial charge in [0.2, 0.25) is 0 Å². The van der Waals surface area contributed by atoms with Crippen molar-refractivity contribution in [2.75, 3.05) is 5.73 Å². The normalized spacial score (nSPS) is 10.6. The topological polar surface area (TPSA) is 51.8 Å². The molecule has 0 aliphatic rings. The van der Waals surface area contributed by atoms with E-state index in [4.69, 9.17) is 5.73 Å². The average Bonchev–Trinajstić information content (AvgIpc) is 2.36. The lowest BCUT2D eigenvalue weighted by Crippen LogP contribution is -2.07. The lowest BCUT2D eigenvalue weighted by Gasteiger charge is -2.09. The van der Waals surface area contributed by atoms with E-state index in [9.17, 15) is 4.39 Å². The van der Waals surface area contributed by atoms with Crippen LogP contribution in [-0.4, -0.2) is 9.97 Å². The van der Waals surface area contributed by atoms with Crippen LogP contribution in [0.1, 0.15) is 29.6 Å². The molecule has 3 nitrogen and oxygen atoms in total. The quantitative estimate of drug-likeness (QED) is 0.904. The van der Waals surface area contributed by atoms with Crippen molar-refractivity contribution in [3.63, 3.8) is 0 Å². The van der Waals surface area contributed by atoms with Gasteiger partial charge in [0, 0.05) is 17.7 Å². The predicted octanol–water partition coefficient (Wildman–Crippen LogP) is 2.66. The molecule has 0 aliphatic heterocycles.